The lowest BCUT2D eigenvalue weighted by molar-refractivity contribution is 0.276. The molecule has 1 rings (SSSR count). The molecule has 0 radical (unpaired) electrons. The van der Waals surface area contributed by atoms with Gasteiger partial charge in [0.05, 0.1) is 6.67 Å². The van der Waals surface area contributed by atoms with Crippen molar-refractivity contribution in [3.05, 3.63) is 25.1 Å². The summed E-state index contributed by atoms with van der Waals surface area (Å²) in [5.74, 6) is 0. The van der Waals surface area contributed by atoms with Gasteiger partial charge in [0.25, 0.3) is 0 Å². The second kappa shape index (κ2) is 7.38. The van der Waals surface area contributed by atoms with Gasteiger partial charge in [-0.2, -0.15) is 0 Å². The fourth-order valence-corrected chi connectivity index (χ4v) is 1.86. The van der Waals surface area contributed by atoms with Crippen molar-refractivity contribution in [2.75, 3.05) is 19.8 Å². The first-order valence-corrected chi connectivity index (χ1v) is 6.14. The highest BCUT2D eigenvalue weighted by atomic mass is 15.3. The number of nitrogens with zero attached hydrogens (tertiary/aromatic N) is 2. The molecule has 0 amide bonds. The molecule has 0 aliphatic carbocycles. The van der Waals surface area contributed by atoms with Crippen LogP contribution in [0.2, 0.25) is 0 Å². The van der Waals surface area contributed by atoms with Crippen LogP contribution in [0.3, 0.4) is 0 Å². The maximum atomic E-state index is 3.75. The summed E-state index contributed by atoms with van der Waals surface area (Å²) in [7, 11) is 0. The summed E-state index contributed by atoms with van der Waals surface area (Å²) < 4.78 is 0. The Morgan fingerprint density at radius 2 is 1.87 bits per heavy atom. The highest BCUT2D eigenvalue weighted by Gasteiger charge is 2.09. The predicted octanol–water partition coefficient (Wildman–Crippen LogP) is 3.19. The summed E-state index contributed by atoms with van der Waals surface area (Å²) in [5.41, 5.74) is 0. The Morgan fingerprint density at radius 1 is 1.13 bits per heavy atom. The average Bonchev–Trinajstić information content (AvgIpc) is 2.66. The first-order valence-electron chi connectivity index (χ1n) is 6.14. The van der Waals surface area contributed by atoms with E-state index >= 15 is 0 Å². The highest BCUT2D eigenvalue weighted by molar-refractivity contribution is 4.92. The SMILES string of the molecule is C=CCN1C=CN(CCCCCCC)C1. The molecule has 2 heteroatoms. The minimum Gasteiger partial charge on any atom is -0.359 e. The van der Waals surface area contributed by atoms with Crippen LogP contribution in [0.25, 0.3) is 0 Å². The van der Waals surface area contributed by atoms with E-state index in [1.54, 1.807) is 0 Å². The molecule has 15 heavy (non-hydrogen) atoms. The van der Waals surface area contributed by atoms with Gasteiger partial charge in [-0.05, 0) is 6.42 Å². The molecule has 0 atom stereocenters. The van der Waals surface area contributed by atoms with Crippen LogP contribution in [-0.4, -0.2) is 29.6 Å². The third-order valence-electron chi connectivity index (χ3n) is 2.76. The predicted molar refractivity (Wildman–Crippen MR) is 66.4 cm³/mol. The van der Waals surface area contributed by atoms with Crippen LogP contribution in [0.1, 0.15) is 39.0 Å². The van der Waals surface area contributed by atoms with E-state index in [1.807, 2.05) is 6.08 Å². The van der Waals surface area contributed by atoms with E-state index in [2.05, 4.69) is 35.7 Å². The second-order valence-corrected chi connectivity index (χ2v) is 4.23. The molecule has 0 aromatic rings. The van der Waals surface area contributed by atoms with Gasteiger partial charge in [0.15, 0.2) is 0 Å². The van der Waals surface area contributed by atoms with Crippen molar-refractivity contribution in [3.8, 4) is 0 Å². The molecule has 0 N–H and O–H groups in total. The van der Waals surface area contributed by atoms with Gasteiger partial charge in [0.1, 0.15) is 0 Å². The topological polar surface area (TPSA) is 6.48 Å². The molecule has 0 aromatic carbocycles. The summed E-state index contributed by atoms with van der Waals surface area (Å²) in [6, 6.07) is 0. The molecule has 86 valence electrons. The summed E-state index contributed by atoms with van der Waals surface area (Å²) in [5, 5.41) is 0. The van der Waals surface area contributed by atoms with Gasteiger partial charge in [-0.15, -0.1) is 6.58 Å². The molecule has 0 unspecified atom stereocenters. The minimum atomic E-state index is 0.961. The quantitative estimate of drug-likeness (QED) is 0.446. The Kier molecular flexibility index (Phi) is 5.98. The van der Waals surface area contributed by atoms with Crippen LogP contribution in [0.5, 0.6) is 0 Å². The zero-order chi connectivity index (χ0) is 10.9. The highest BCUT2D eigenvalue weighted by Crippen LogP contribution is 2.09. The van der Waals surface area contributed by atoms with E-state index < -0.39 is 0 Å². The number of unbranched alkanes of at least 4 members (excludes halogenated alkanes) is 4. The molecular weight excluding hydrogens is 184 g/mol. The third-order valence-corrected chi connectivity index (χ3v) is 2.76. The second-order valence-electron chi connectivity index (χ2n) is 4.23. The lowest BCUT2D eigenvalue weighted by Gasteiger charge is -2.19. The maximum Gasteiger partial charge on any atom is 0.0896 e. The molecule has 0 saturated heterocycles. The first kappa shape index (κ1) is 12.2. The molecule has 0 spiro atoms. The van der Waals surface area contributed by atoms with E-state index in [-0.39, 0.29) is 0 Å². The van der Waals surface area contributed by atoms with Crippen LogP contribution >= 0.6 is 0 Å². The zero-order valence-electron chi connectivity index (χ0n) is 9.99. The molecule has 1 heterocycles. The summed E-state index contributed by atoms with van der Waals surface area (Å²) >= 11 is 0. The van der Waals surface area contributed by atoms with Gasteiger partial charge in [-0.3, -0.25) is 0 Å². The molecule has 1 aliphatic heterocycles. The van der Waals surface area contributed by atoms with E-state index in [0.717, 1.165) is 13.2 Å². The van der Waals surface area contributed by atoms with Crippen molar-refractivity contribution in [1.29, 1.82) is 0 Å². The molecule has 0 bridgehead atoms. The van der Waals surface area contributed by atoms with Gasteiger partial charge < -0.3 is 9.80 Å². The standard InChI is InChI=1S/C13H24N2/c1-3-5-6-7-8-10-15-12-11-14(13-15)9-4-2/h4,11-12H,2-3,5-10,13H2,1H3. The van der Waals surface area contributed by atoms with E-state index in [0.29, 0.717) is 0 Å². The average molecular weight is 208 g/mol. The Balaban J connectivity index is 1.99. The normalized spacial score (nSPS) is 15.0. The van der Waals surface area contributed by atoms with Gasteiger partial charge >= 0.3 is 0 Å². The Labute approximate surface area is 94.3 Å². The smallest absolute Gasteiger partial charge is 0.0896 e. The van der Waals surface area contributed by atoms with Crippen molar-refractivity contribution in [2.45, 2.75) is 39.0 Å². The lowest BCUT2D eigenvalue weighted by atomic mass is 10.1. The Hall–Kier alpha value is -0.920. The van der Waals surface area contributed by atoms with Crippen molar-refractivity contribution in [1.82, 2.24) is 9.80 Å². The van der Waals surface area contributed by atoms with Crippen LogP contribution in [0.15, 0.2) is 25.1 Å². The molecule has 0 fully saturated rings. The lowest BCUT2D eigenvalue weighted by Crippen LogP contribution is -2.26. The van der Waals surface area contributed by atoms with Crippen LogP contribution in [0.4, 0.5) is 0 Å². The largest absolute Gasteiger partial charge is 0.359 e. The van der Waals surface area contributed by atoms with Crippen molar-refractivity contribution in [3.63, 3.8) is 0 Å². The summed E-state index contributed by atoms with van der Waals surface area (Å²) in [6.07, 6.45) is 13.1. The molecule has 2 nitrogen and oxygen atoms in total. The van der Waals surface area contributed by atoms with Crippen LogP contribution in [0, 0.1) is 0 Å². The van der Waals surface area contributed by atoms with Crippen LogP contribution in [-0.2, 0) is 0 Å². The van der Waals surface area contributed by atoms with Gasteiger partial charge in [0, 0.05) is 25.5 Å². The zero-order valence-corrected chi connectivity index (χ0v) is 9.99. The van der Waals surface area contributed by atoms with Crippen LogP contribution < -0.4 is 0 Å². The number of hydrogen-bond donors (Lipinski definition) is 0. The Morgan fingerprint density at radius 3 is 2.60 bits per heavy atom. The fraction of sp³-hybridized carbons (Fsp3) is 0.692. The summed E-state index contributed by atoms with van der Waals surface area (Å²) in [6.45, 7) is 9.22. The monoisotopic (exact) mass is 208 g/mol. The van der Waals surface area contributed by atoms with Crippen molar-refractivity contribution in [2.24, 2.45) is 0 Å². The number of rotatable bonds is 8. The summed E-state index contributed by atoms with van der Waals surface area (Å²) in [4.78, 5) is 4.66. The minimum absolute atomic E-state index is 0.961. The third kappa shape index (κ3) is 4.91. The van der Waals surface area contributed by atoms with E-state index in [4.69, 9.17) is 0 Å². The molecule has 1 aliphatic rings. The fourth-order valence-electron chi connectivity index (χ4n) is 1.86. The molecular formula is C13H24N2. The van der Waals surface area contributed by atoms with Crippen molar-refractivity contribution >= 4 is 0 Å². The molecule has 0 aromatic heterocycles. The van der Waals surface area contributed by atoms with E-state index in [1.165, 1.54) is 38.6 Å². The van der Waals surface area contributed by atoms with Gasteiger partial charge in [0.2, 0.25) is 0 Å². The number of hydrogen-bond acceptors (Lipinski definition) is 2. The van der Waals surface area contributed by atoms with Gasteiger partial charge in [-0.25, -0.2) is 0 Å². The molecule has 0 saturated carbocycles. The van der Waals surface area contributed by atoms with Crippen molar-refractivity contribution < 1.29 is 0 Å². The van der Waals surface area contributed by atoms with E-state index in [9.17, 15) is 0 Å². The van der Waals surface area contributed by atoms with Gasteiger partial charge in [-0.1, -0.05) is 38.7 Å². The Bertz CT molecular complexity index is 199. The maximum absolute atomic E-state index is 3.75. The first-order chi connectivity index (χ1) is 7.36.